The predicted molar refractivity (Wildman–Crippen MR) is 55.7 cm³/mol. The van der Waals surface area contributed by atoms with E-state index in [1.54, 1.807) is 14.0 Å². The maximum atomic E-state index is 11.8. The summed E-state index contributed by atoms with van der Waals surface area (Å²) in [5.41, 5.74) is 4.79. The van der Waals surface area contributed by atoms with Crippen molar-refractivity contribution >= 4 is 11.7 Å². The topological polar surface area (TPSA) is 63.4 Å². The van der Waals surface area contributed by atoms with Gasteiger partial charge in [-0.25, -0.2) is 0 Å². The number of ketones is 1. The monoisotopic (exact) mass is 200 g/mol. The smallest absolute Gasteiger partial charge is 0.236 e. The third-order valence-electron chi connectivity index (χ3n) is 2.27. The molecule has 0 heterocycles. The highest BCUT2D eigenvalue weighted by molar-refractivity contribution is 5.92. The van der Waals surface area contributed by atoms with E-state index in [4.69, 9.17) is 5.73 Å². The van der Waals surface area contributed by atoms with Gasteiger partial charge in [0.2, 0.25) is 5.91 Å². The second-order valence-corrected chi connectivity index (χ2v) is 4.50. The van der Waals surface area contributed by atoms with Crippen molar-refractivity contribution in [2.24, 2.45) is 11.1 Å². The Bertz CT molecular complexity index is 231. The van der Waals surface area contributed by atoms with Gasteiger partial charge >= 0.3 is 0 Å². The van der Waals surface area contributed by atoms with E-state index in [-0.39, 0.29) is 18.2 Å². The van der Waals surface area contributed by atoms with Crippen LogP contribution in [0.25, 0.3) is 0 Å². The summed E-state index contributed by atoms with van der Waals surface area (Å²) in [5.74, 6) is -0.170. The molecule has 1 atom stereocenters. The van der Waals surface area contributed by atoms with Crippen LogP contribution in [-0.4, -0.2) is 36.2 Å². The third-order valence-corrected chi connectivity index (χ3v) is 2.27. The zero-order valence-electron chi connectivity index (χ0n) is 9.63. The van der Waals surface area contributed by atoms with Gasteiger partial charge in [-0.15, -0.1) is 0 Å². The molecule has 0 aromatic rings. The standard InChI is InChI=1S/C10H20N2O2/c1-7(9(14)10(2,3)4)12(5)8(13)6-11/h7H,6,11H2,1-5H3. The van der Waals surface area contributed by atoms with Crippen molar-refractivity contribution in [2.75, 3.05) is 13.6 Å². The number of nitrogens with zero attached hydrogens (tertiary/aromatic N) is 1. The van der Waals surface area contributed by atoms with Crippen LogP contribution in [0.5, 0.6) is 0 Å². The number of hydrogen-bond donors (Lipinski definition) is 1. The maximum Gasteiger partial charge on any atom is 0.236 e. The molecule has 0 aromatic heterocycles. The summed E-state index contributed by atoms with van der Waals surface area (Å²) in [7, 11) is 1.60. The van der Waals surface area contributed by atoms with Gasteiger partial charge in [-0.2, -0.15) is 0 Å². The van der Waals surface area contributed by atoms with E-state index in [1.807, 2.05) is 20.8 Å². The molecule has 0 aliphatic rings. The number of likely N-dealkylation sites (N-methyl/N-ethyl adjacent to an activating group) is 1. The van der Waals surface area contributed by atoms with Gasteiger partial charge in [0.1, 0.15) is 0 Å². The SMILES string of the molecule is CC(C(=O)C(C)(C)C)N(C)C(=O)CN. The normalized spacial score (nSPS) is 13.6. The third kappa shape index (κ3) is 3.10. The van der Waals surface area contributed by atoms with E-state index < -0.39 is 11.5 Å². The zero-order valence-corrected chi connectivity index (χ0v) is 9.63. The molecular weight excluding hydrogens is 180 g/mol. The van der Waals surface area contributed by atoms with Crippen LogP contribution in [0.4, 0.5) is 0 Å². The lowest BCUT2D eigenvalue weighted by atomic mass is 9.86. The Labute approximate surface area is 85.4 Å². The molecule has 1 unspecified atom stereocenters. The number of rotatable bonds is 3. The fourth-order valence-electron chi connectivity index (χ4n) is 1.16. The quantitative estimate of drug-likeness (QED) is 0.717. The number of hydrogen-bond acceptors (Lipinski definition) is 3. The van der Waals surface area contributed by atoms with Crippen molar-refractivity contribution in [1.82, 2.24) is 4.90 Å². The van der Waals surface area contributed by atoms with Gasteiger partial charge in [0.05, 0.1) is 12.6 Å². The van der Waals surface area contributed by atoms with Gasteiger partial charge in [-0.3, -0.25) is 9.59 Å². The maximum absolute atomic E-state index is 11.8. The molecule has 4 nitrogen and oxygen atoms in total. The van der Waals surface area contributed by atoms with Crippen molar-refractivity contribution in [3.05, 3.63) is 0 Å². The zero-order chi connectivity index (χ0) is 11.5. The van der Waals surface area contributed by atoms with Crippen molar-refractivity contribution in [3.63, 3.8) is 0 Å². The minimum Gasteiger partial charge on any atom is -0.335 e. The van der Waals surface area contributed by atoms with E-state index in [0.29, 0.717) is 0 Å². The molecule has 82 valence electrons. The van der Waals surface area contributed by atoms with E-state index in [9.17, 15) is 9.59 Å². The van der Waals surface area contributed by atoms with Crippen LogP contribution in [0.15, 0.2) is 0 Å². The Morgan fingerprint density at radius 1 is 1.36 bits per heavy atom. The molecule has 4 heteroatoms. The van der Waals surface area contributed by atoms with E-state index in [2.05, 4.69) is 0 Å². The Kier molecular flexibility index (Phi) is 4.26. The number of carbonyl (C=O) groups is 2. The van der Waals surface area contributed by atoms with Crippen LogP contribution in [0.2, 0.25) is 0 Å². The van der Waals surface area contributed by atoms with Crippen LogP contribution in [0.1, 0.15) is 27.7 Å². The highest BCUT2D eigenvalue weighted by Crippen LogP contribution is 2.18. The van der Waals surface area contributed by atoms with Crippen LogP contribution in [-0.2, 0) is 9.59 Å². The molecule has 0 aliphatic heterocycles. The fourth-order valence-corrected chi connectivity index (χ4v) is 1.16. The highest BCUT2D eigenvalue weighted by Gasteiger charge is 2.30. The van der Waals surface area contributed by atoms with Gasteiger partial charge < -0.3 is 10.6 Å². The molecule has 2 N–H and O–H groups in total. The van der Waals surface area contributed by atoms with E-state index >= 15 is 0 Å². The lowest BCUT2D eigenvalue weighted by Crippen LogP contribution is -2.46. The van der Waals surface area contributed by atoms with Gasteiger partial charge in [-0.05, 0) is 6.92 Å². The van der Waals surface area contributed by atoms with Crippen molar-refractivity contribution in [2.45, 2.75) is 33.7 Å². The van der Waals surface area contributed by atoms with Crippen molar-refractivity contribution in [1.29, 1.82) is 0 Å². The number of carbonyl (C=O) groups excluding carboxylic acids is 2. The van der Waals surface area contributed by atoms with Crippen LogP contribution in [0.3, 0.4) is 0 Å². The van der Waals surface area contributed by atoms with Crippen LogP contribution >= 0.6 is 0 Å². The number of amides is 1. The lowest BCUT2D eigenvalue weighted by molar-refractivity contribution is -0.139. The summed E-state index contributed by atoms with van der Waals surface area (Å²) in [6, 6.07) is -0.411. The minimum atomic E-state index is -0.428. The average Bonchev–Trinajstić information content (AvgIpc) is 2.11. The molecule has 1 amide bonds. The van der Waals surface area contributed by atoms with Crippen LogP contribution < -0.4 is 5.73 Å². The first-order valence-corrected chi connectivity index (χ1v) is 4.72. The second kappa shape index (κ2) is 4.55. The average molecular weight is 200 g/mol. The molecule has 0 radical (unpaired) electrons. The first kappa shape index (κ1) is 13.1. The van der Waals surface area contributed by atoms with Crippen molar-refractivity contribution < 1.29 is 9.59 Å². The van der Waals surface area contributed by atoms with E-state index in [0.717, 1.165) is 0 Å². The number of Topliss-reactive ketones (excluding diaryl/α,β-unsaturated/α-hetero) is 1. The van der Waals surface area contributed by atoms with Gasteiger partial charge in [0.25, 0.3) is 0 Å². The lowest BCUT2D eigenvalue weighted by Gasteiger charge is -2.28. The summed E-state index contributed by atoms with van der Waals surface area (Å²) < 4.78 is 0. The second-order valence-electron chi connectivity index (χ2n) is 4.50. The predicted octanol–water partition coefficient (Wildman–Crippen LogP) is 0.407. The molecule has 0 saturated heterocycles. The van der Waals surface area contributed by atoms with E-state index in [1.165, 1.54) is 4.90 Å². The molecule has 0 spiro atoms. The van der Waals surface area contributed by atoms with Gasteiger partial charge in [0.15, 0.2) is 5.78 Å². The fraction of sp³-hybridized carbons (Fsp3) is 0.800. The highest BCUT2D eigenvalue weighted by atomic mass is 16.2. The van der Waals surface area contributed by atoms with Crippen LogP contribution in [0, 0.1) is 5.41 Å². The molecule has 0 rings (SSSR count). The summed E-state index contributed by atoms with van der Waals surface area (Å²) in [6.07, 6.45) is 0. The minimum absolute atomic E-state index is 0.0433. The first-order valence-electron chi connectivity index (χ1n) is 4.72. The Morgan fingerprint density at radius 2 is 1.79 bits per heavy atom. The van der Waals surface area contributed by atoms with Gasteiger partial charge in [-0.1, -0.05) is 20.8 Å². The Morgan fingerprint density at radius 3 is 2.07 bits per heavy atom. The Balaban J connectivity index is 4.55. The summed E-state index contributed by atoms with van der Waals surface area (Å²) >= 11 is 0. The molecular formula is C10H20N2O2. The van der Waals surface area contributed by atoms with Gasteiger partial charge in [0, 0.05) is 12.5 Å². The summed E-state index contributed by atoms with van der Waals surface area (Å²) in [4.78, 5) is 24.4. The molecule has 14 heavy (non-hydrogen) atoms. The molecule has 0 fully saturated rings. The molecule has 0 bridgehead atoms. The number of nitrogens with two attached hydrogens (primary N) is 1. The summed E-state index contributed by atoms with van der Waals surface area (Å²) in [6.45, 7) is 7.19. The largest absolute Gasteiger partial charge is 0.335 e. The first-order chi connectivity index (χ1) is 6.21. The molecule has 0 aliphatic carbocycles. The molecule has 0 aromatic carbocycles. The van der Waals surface area contributed by atoms with Crippen molar-refractivity contribution in [3.8, 4) is 0 Å². The molecule has 0 saturated carbocycles. The Hall–Kier alpha value is -0.900. The summed E-state index contributed by atoms with van der Waals surface area (Å²) in [5, 5.41) is 0.